The second kappa shape index (κ2) is 5.80. The third-order valence-electron chi connectivity index (χ3n) is 4.64. The van der Waals surface area contributed by atoms with E-state index in [1.807, 2.05) is 0 Å². The van der Waals surface area contributed by atoms with E-state index in [4.69, 9.17) is 10.8 Å². The largest absolute Gasteiger partial charge is 0.481 e. The van der Waals surface area contributed by atoms with Crippen LogP contribution in [0.3, 0.4) is 0 Å². The molecule has 2 aliphatic rings. The van der Waals surface area contributed by atoms with Crippen LogP contribution >= 0.6 is 12.6 Å². The smallest absolute Gasteiger partial charge is 0.306 e. The van der Waals surface area contributed by atoms with Gasteiger partial charge in [-0.05, 0) is 37.5 Å². The number of carbonyl (C=O) groups is 1. The van der Waals surface area contributed by atoms with Crippen molar-refractivity contribution in [2.24, 2.45) is 23.5 Å². The van der Waals surface area contributed by atoms with Crippen molar-refractivity contribution in [2.75, 3.05) is 0 Å². The molecule has 4 N–H and O–H groups in total. The fourth-order valence-corrected chi connectivity index (χ4v) is 4.12. The molecule has 0 bridgehead atoms. The van der Waals surface area contributed by atoms with Gasteiger partial charge in [-0.25, -0.2) is 0 Å². The zero-order valence-electron chi connectivity index (χ0n) is 10.5. The van der Waals surface area contributed by atoms with E-state index in [1.54, 1.807) is 0 Å². The summed E-state index contributed by atoms with van der Waals surface area (Å²) in [6.07, 6.45) is 4.52. The maximum absolute atomic E-state index is 11.1. The standard InChI is InChI=1S/C13H23NO3S/c14-11-6-9(18)5-10(12(11)15)7-2-1-3-8(4-7)13(16)17/h7-12,15,18H,1-6,14H2,(H,16,17). The highest BCUT2D eigenvalue weighted by molar-refractivity contribution is 7.80. The molecule has 0 aliphatic heterocycles. The average Bonchev–Trinajstić information content (AvgIpc) is 2.34. The molecule has 0 aromatic carbocycles. The lowest BCUT2D eigenvalue weighted by atomic mass is 9.68. The Morgan fingerprint density at radius 1 is 1.22 bits per heavy atom. The van der Waals surface area contributed by atoms with E-state index in [9.17, 15) is 9.90 Å². The van der Waals surface area contributed by atoms with Gasteiger partial charge in [0.1, 0.15) is 0 Å². The van der Waals surface area contributed by atoms with Gasteiger partial charge in [-0.1, -0.05) is 12.8 Å². The molecule has 0 saturated heterocycles. The van der Waals surface area contributed by atoms with Gasteiger partial charge in [0.15, 0.2) is 0 Å². The van der Waals surface area contributed by atoms with Crippen LogP contribution in [0.4, 0.5) is 0 Å². The molecule has 5 heteroatoms. The number of aliphatic hydroxyl groups is 1. The normalized spacial score (nSPS) is 45.7. The summed E-state index contributed by atoms with van der Waals surface area (Å²) in [7, 11) is 0. The summed E-state index contributed by atoms with van der Waals surface area (Å²) in [5, 5.41) is 19.6. The number of carboxylic acid groups (broad SMARTS) is 1. The molecule has 0 aromatic rings. The first-order valence-electron chi connectivity index (χ1n) is 6.83. The zero-order valence-corrected chi connectivity index (χ0v) is 11.4. The first-order valence-corrected chi connectivity index (χ1v) is 7.35. The Morgan fingerprint density at radius 2 is 1.94 bits per heavy atom. The summed E-state index contributed by atoms with van der Waals surface area (Å²) in [5.41, 5.74) is 5.94. The SMILES string of the molecule is NC1CC(S)CC(C2CCCC(C(=O)O)C2)C1O. The molecule has 2 saturated carbocycles. The van der Waals surface area contributed by atoms with Crippen LogP contribution in [-0.2, 0) is 4.79 Å². The first-order chi connectivity index (χ1) is 8.49. The van der Waals surface area contributed by atoms with Crippen molar-refractivity contribution in [2.45, 2.75) is 55.9 Å². The van der Waals surface area contributed by atoms with Crippen LogP contribution in [-0.4, -0.2) is 33.6 Å². The lowest BCUT2D eigenvalue weighted by Gasteiger charge is -2.42. The molecule has 2 rings (SSSR count). The summed E-state index contributed by atoms with van der Waals surface area (Å²) in [6, 6.07) is -0.212. The number of aliphatic carboxylic acids is 1. The summed E-state index contributed by atoms with van der Waals surface area (Å²) in [4.78, 5) is 11.1. The second-order valence-corrected chi connectivity index (χ2v) is 6.64. The van der Waals surface area contributed by atoms with Crippen LogP contribution < -0.4 is 5.73 Å². The van der Waals surface area contributed by atoms with Gasteiger partial charge in [-0.3, -0.25) is 4.79 Å². The lowest BCUT2D eigenvalue weighted by Crippen LogP contribution is -2.49. The van der Waals surface area contributed by atoms with Crippen LogP contribution in [0.5, 0.6) is 0 Å². The maximum atomic E-state index is 11.1. The van der Waals surface area contributed by atoms with Gasteiger partial charge in [0.2, 0.25) is 0 Å². The Kier molecular flexibility index (Phi) is 4.56. The van der Waals surface area contributed by atoms with Crippen LogP contribution in [0, 0.1) is 17.8 Å². The van der Waals surface area contributed by atoms with Crippen molar-refractivity contribution in [3.8, 4) is 0 Å². The van der Waals surface area contributed by atoms with Gasteiger partial charge in [-0.15, -0.1) is 0 Å². The van der Waals surface area contributed by atoms with Crippen LogP contribution in [0.2, 0.25) is 0 Å². The zero-order chi connectivity index (χ0) is 13.3. The number of aliphatic hydroxyl groups excluding tert-OH is 1. The highest BCUT2D eigenvalue weighted by Gasteiger charge is 2.40. The molecule has 2 fully saturated rings. The number of rotatable bonds is 2. The molecule has 6 unspecified atom stereocenters. The van der Waals surface area contributed by atoms with Gasteiger partial charge in [-0.2, -0.15) is 12.6 Å². The summed E-state index contributed by atoms with van der Waals surface area (Å²) in [5.74, 6) is -0.529. The minimum absolute atomic E-state index is 0.124. The number of hydrogen-bond acceptors (Lipinski definition) is 4. The Morgan fingerprint density at radius 3 is 2.61 bits per heavy atom. The Balaban J connectivity index is 2.02. The van der Waals surface area contributed by atoms with Gasteiger partial charge >= 0.3 is 5.97 Å². The predicted molar refractivity (Wildman–Crippen MR) is 72.6 cm³/mol. The average molecular weight is 273 g/mol. The maximum Gasteiger partial charge on any atom is 0.306 e. The number of thiol groups is 1. The Labute approximate surface area is 113 Å². The minimum atomic E-state index is -0.697. The fourth-order valence-electron chi connectivity index (χ4n) is 3.63. The van der Waals surface area contributed by atoms with E-state index in [0.717, 1.165) is 32.1 Å². The molecule has 2 aliphatic carbocycles. The van der Waals surface area contributed by atoms with Crippen molar-refractivity contribution in [3.63, 3.8) is 0 Å². The minimum Gasteiger partial charge on any atom is -0.481 e. The van der Waals surface area contributed by atoms with Crippen molar-refractivity contribution in [1.82, 2.24) is 0 Å². The van der Waals surface area contributed by atoms with E-state index in [2.05, 4.69) is 12.6 Å². The molecule has 18 heavy (non-hydrogen) atoms. The van der Waals surface area contributed by atoms with Crippen molar-refractivity contribution < 1.29 is 15.0 Å². The molecule has 104 valence electrons. The number of carboxylic acids is 1. The molecular weight excluding hydrogens is 250 g/mol. The second-order valence-electron chi connectivity index (χ2n) is 5.91. The van der Waals surface area contributed by atoms with Crippen molar-refractivity contribution >= 4 is 18.6 Å². The molecule has 0 amide bonds. The molecule has 6 atom stereocenters. The summed E-state index contributed by atoms with van der Waals surface area (Å²) in [6.45, 7) is 0. The van der Waals surface area contributed by atoms with E-state index >= 15 is 0 Å². The van der Waals surface area contributed by atoms with Gasteiger partial charge in [0.05, 0.1) is 12.0 Å². The summed E-state index contributed by atoms with van der Waals surface area (Å²) >= 11 is 4.50. The third-order valence-corrected chi connectivity index (χ3v) is 5.06. The molecule has 0 radical (unpaired) electrons. The predicted octanol–water partition coefficient (Wildman–Crippen LogP) is 1.27. The number of hydrogen-bond donors (Lipinski definition) is 4. The molecule has 0 heterocycles. The van der Waals surface area contributed by atoms with E-state index in [-0.39, 0.29) is 29.0 Å². The van der Waals surface area contributed by atoms with E-state index in [1.165, 1.54) is 0 Å². The van der Waals surface area contributed by atoms with Crippen molar-refractivity contribution in [3.05, 3.63) is 0 Å². The lowest BCUT2D eigenvalue weighted by molar-refractivity contribution is -0.144. The molecule has 0 spiro atoms. The fraction of sp³-hybridized carbons (Fsp3) is 0.923. The van der Waals surface area contributed by atoms with E-state index < -0.39 is 12.1 Å². The number of nitrogens with two attached hydrogens (primary N) is 1. The highest BCUT2D eigenvalue weighted by atomic mass is 32.1. The van der Waals surface area contributed by atoms with Gasteiger partial charge < -0.3 is 15.9 Å². The third kappa shape index (κ3) is 3.00. The molecule has 4 nitrogen and oxygen atoms in total. The van der Waals surface area contributed by atoms with Crippen LogP contribution in [0.1, 0.15) is 38.5 Å². The van der Waals surface area contributed by atoms with Crippen molar-refractivity contribution in [1.29, 1.82) is 0 Å². The topological polar surface area (TPSA) is 83.6 Å². The van der Waals surface area contributed by atoms with E-state index in [0.29, 0.717) is 6.42 Å². The van der Waals surface area contributed by atoms with Crippen LogP contribution in [0.25, 0.3) is 0 Å². The monoisotopic (exact) mass is 273 g/mol. The summed E-state index contributed by atoms with van der Waals surface area (Å²) < 4.78 is 0. The Bertz CT molecular complexity index is 313. The molecule has 0 aromatic heterocycles. The highest BCUT2D eigenvalue weighted by Crippen LogP contribution is 2.41. The van der Waals surface area contributed by atoms with Gasteiger partial charge in [0.25, 0.3) is 0 Å². The first kappa shape index (κ1) is 14.2. The molecular formula is C13H23NO3S. The van der Waals surface area contributed by atoms with Crippen LogP contribution in [0.15, 0.2) is 0 Å². The van der Waals surface area contributed by atoms with Gasteiger partial charge in [0, 0.05) is 11.3 Å². The Hall–Kier alpha value is -0.260. The quantitative estimate of drug-likeness (QED) is 0.571.